The molecule has 0 aliphatic rings. The Morgan fingerprint density at radius 3 is 2.60 bits per heavy atom. The van der Waals surface area contributed by atoms with Crippen molar-refractivity contribution >= 4 is 38.5 Å². The topological polar surface area (TPSA) is 20.2 Å². The zero-order chi connectivity index (χ0) is 7.72. The van der Waals surface area contributed by atoms with Crippen LogP contribution >= 0.6 is 38.5 Å². The fraction of sp³-hybridized carbons (Fsp3) is 0.143. The molecule has 1 N–H and O–H groups in total. The number of phenols is 1. The first-order valence-electron chi connectivity index (χ1n) is 2.76. The number of aromatic hydroxyl groups is 1. The van der Waals surface area contributed by atoms with Gasteiger partial charge in [-0.1, -0.05) is 6.07 Å². The van der Waals surface area contributed by atoms with Gasteiger partial charge in [-0.3, -0.25) is 0 Å². The first-order chi connectivity index (χ1) is 4.63. The van der Waals surface area contributed by atoms with Gasteiger partial charge >= 0.3 is 0 Å². The highest BCUT2D eigenvalue weighted by atomic mass is 127. The molecule has 3 heteroatoms. The standard InChI is InChI=1S/C7H6BrIO/c1-4-2-3-5(8)6(9)7(4)10/h2-3,10H,1H3. The van der Waals surface area contributed by atoms with Crippen LogP contribution in [0.15, 0.2) is 16.6 Å². The summed E-state index contributed by atoms with van der Waals surface area (Å²) in [6.07, 6.45) is 0. The third kappa shape index (κ3) is 1.45. The van der Waals surface area contributed by atoms with Gasteiger partial charge in [0.15, 0.2) is 0 Å². The van der Waals surface area contributed by atoms with Crippen molar-refractivity contribution in [2.75, 3.05) is 0 Å². The monoisotopic (exact) mass is 312 g/mol. The largest absolute Gasteiger partial charge is 0.507 e. The maximum atomic E-state index is 9.35. The zero-order valence-electron chi connectivity index (χ0n) is 5.36. The van der Waals surface area contributed by atoms with Crippen LogP contribution < -0.4 is 0 Å². The molecule has 0 spiro atoms. The third-order valence-electron chi connectivity index (χ3n) is 1.27. The number of benzene rings is 1. The summed E-state index contributed by atoms with van der Waals surface area (Å²) in [5.74, 6) is 0.370. The van der Waals surface area contributed by atoms with Gasteiger partial charge in [-0.25, -0.2) is 0 Å². The van der Waals surface area contributed by atoms with Gasteiger partial charge in [0.05, 0.1) is 3.57 Å². The Bertz CT molecular complexity index is 233. The second-order valence-corrected chi connectivity index (χ2v) is 3.96. The van der Waals surface area contributed by atoms with Crippen LogP contribution in [0.4, 0.5) is 0 Å². The second-order valence-electron chi connectivity index (χ2n) is 2.03. The Kier molecular flexibility index (Phi) is 2.57. The number of halogens is 2. The molecule has 0 heterocycles. The molecule has 10 heavy (non-hydrogen) atoms. The molecule has 0 atom stereocenters. The minimum Gasteiger partial charge on any atom is -0.507 e. The molecule has 0 amide bonds. The third-order valence-corrected chi connectivity index (χ3v) is 3.76. The van der Waals surface area contributed by atoms with E-state index in [4.69, 9.17) is 0 Å². The van der Waals surface area contributed by atoms with E-state index in [0.29, 0.717) is 5.75 Å². The lowest BCUT2D eigenvalue weighted by atomic mass is 10.2. The van der Waals surface area contributed by atoms with E-state index in [2.05, 4.69) is 38.5 Å². The predicted molar refractivity (Wildman–Crippen MR) is 53.3 cm³/mol. The Hall–Kier alpha value is 0.230. The lowest BCUT2D eigenvalue weighted by Crippen LogP contribution is -1.79. The maximum absolute atomic E-state index is 9.35. The molecule has 0 saturated carbocycles. The molecule has 1 nitrogen and oxygen atoms in total. The van der Waals surface area contributed by atoms with Gasteiger partial charge in [0, 0.05) is 4.47 Å². The minimum atomic E-state index is 0.370. The van der Waals surface area contributed by atoms with Gasteiger partial charge in [-0.15, -0.1) is 0 Å². The molecule has 0 aliphatic carbocycles. The summed E-state index contributed by atoms with van der Waals surface area (Å²) in [6.45, 7) is 1.88. The summed E-state index contributed by atoms with van der Waals surface area (Å²) in [5.41, 5.74) is 0.910. The molecule has 0 bridgehead atoms. The van der Waals surface area contributed by atoms with E-state index < -0.39 is 0 Å². The Morgan fingerprint density at radius 1 is 1.50 bits per heavy atom. The highest BCUT2D eigenvalue weighted by Gasteiger charge is 2.03. The first kappa shape index (κ1) is 8.33. The number of hydrogen-bond acceptors (Lipinski definition) is 1. The second kappa shape index (κ2) is 3.09. The van der Waals surface area contributed by atoms with Crippen LogP contribution in [0.5, 0.6) is 5.75 Å². The summed E-state index contributed by atoms with van der Waals surface area (Å²) < 4.78 is 1.81. The summed E-state index contributed by atoms with van der Waals surface area (Å²) in [7, 11) is 0. The molecule has 1 aromatic carbocycles. The molecule has 0 saturated heterocycles. The van der Waals surface area contributed by atoms with Crippen molar-refractivity contribution in [3.05, 3.63) is 25.7 Å². The summed E-state index contributed by atoms with van der Waals surface area (Å²) in [4.78, 5) is 0. The fourth-order valence-electron chi connectivity index (χ4n) is 0.636. The lowest BCUT2D eigenvalue weighted by Gasteiger charge is -2.01. The molecule has 1 aromatic rings. The van der Waals surface area contributed by atoms with Crippen LogP contribution in [0, 0.1) is 10.5 Å². The average molecular weight is 313 g/mol. The smallest absolute Gasteiger partial charge is 0.132 e. The highest BCUT2D eigenvalue weighted by molar-refractivity contribution is 14.1. The van der Waals surface area contributed by atoms with E-state index in [-0.39, 0.29) is 0 Å². The van der Waals surface area contributed by atoms with Gasteiger partial charge in [-0.05, 0) is 57.1 Å². The SMILES string of the molecule is Cc1ccc(Br)c(I)c1O. The molecule has 0 unspecified atom stereocenters. The van der Waals surface area contributed by atoms with Crippen molar-refractivity contribution in [1.29, 1.82) is 0 Å². The molecular weight excluding hydrogens is 307 g/mol. The number of rotatable bonds is 0. The lowest BCUT2D eigenvalue weighted by molar-refractivity contribution is 0.467. The summed E-state index contributed by atoms with van der Waals surface area (Å²) in [6, 6.07) is 3.80. The van der Waals surface area contributed by atoms with Crippen LogP contribution in [0.2, 0.25) is 0 Å². The molecule has 1 rings (SSSR count). The molecule has 54 valence electrons. The van der Waals surface area contributed by atoms with Gasteiger partial charge in [0.1, 0.15) is 5.75 Å². The van der Waals surface area contributed by atoms with Crippen molar-refractivity contribution in [1.82, 2.24) is 0 Å². The van der Waals surface area contributed by atoms with Gasteiger partial charge < -0.3 is 5.11 Å². The number of phenolic OH excluding ortho intramolecular Hbond substituents is 1. The Morgan fingerprint density at radius 2 is 2.10 bits per heavy atom. The van der Waals surface area contributed by atoms with Gasteiger partial charge in [-0.2, -0.15) is 0 Å². The van der Waals surface area contributed by atoms with Gasteiger partial charge in [0.2, 0.25) is 0 Å². The van der Waals surface area contributed by atoms with Crippen LogP contribution in [-0.2, 0) is 0 Å². The average Bonchev–Trinajstić information content (AvgIpc) is 1.93. The van der Waals surface area contributed by atoms with E-state index in [9.17, 15) is 5.11 Å². The number of hydrogen-bond donors (Lipinski definition) is 1. The van der Waals surface area contributed by atoms with E-state index in [1.54, 1.807) is 0 Å². The van der Waals surface area contributed by atoms with Crippen molar-refractivity contribution in [2.45, 2.75) is 6.92 Å². The van der Waals surface area contributed by atoms with E-state index in [1.165, 1.54) is 0 Å². The first-order valence-corrected chi connectivity index (χ1v) is 4.63. The Balaban J connectivity index is 3.34. The van der Waals surface area contributed by atoms with Crippen LogP contribution in [0.3, 0.4) is 0 Å². The normalized spacial score (nSPS) is 9.90. The van der Waals surface area contributed by atoms with Crippen molar-refractivity contribution in [3.63, 3.8) is 0 Å². The summed E-state index contributed by atoms with van der Waals surface area (Å²) in [5, 5.41) is 9.35. The maximum Gasteiger partial charge on any atom is 0.132 e. The molecule has 0 fully saturated rings. The van der Waals surface area contributed by atoms with E-state index in [1.807, 2.05) is 19.1 Å². The quantitative estimate of drug-likeness (QED) is 0.730. The molecule has 0 aliphatic heterocycles. The fourth-order valence-corrected chi connectivity index (χ4v) is 1.56. The minimum absolute atomic E-state index is 0.370. The van der Waals surface area contributed by atoms with Crippen molar-refractivity contribution < 1.29 is 5.11 Å². The van der Waals surface area contributed by atoms with Gasteiger partial charge in [0.25, 0.3) is 0 Å². The predicted octanol–water partition coefficient (Wildman–Crippen LogP) is 3.07. The van der Waals surface area contributed by atoms with Crippen molar-refractivity contribution in [2.24, 2.45) is 0 Å². The highest BCUT2D eigenvalue weighted by Crippen LogP contribution is 2.30. The molecule has 0 radical (unpaired) electrons. The van der Waals surface area contributed by atoms with E-state index >= 15 is 0 Å². The molecular formula is C7H6BrIO. The molecule has 0 aromatic heterocycles. The Labute approximate surface area is 81.7 Å². The van der Waals surface area contributed by atoms with Crippen LogP contribution in [-0.4, -0.2) is 5.11 Å². The van der Waals surface area contributed by atoms with Crippen LogP contribution in [0.25, 0.3) is 0 Å². The zero-order valence-corrected chi connectivity index (χ0v) is 9.10. The number of aryl methyl sites for hydroxylation is 1. The summed E-state index contributed by atoms with van der Waals surface area (Å²) >= 11 is 5.41. The van der Waals surface area contributed by atoms with Crippen LogP contribution in [0.1, 0.15) is 5.56 Å². The van der Waals surface area contributed by atoms with E-state index in [0.717, 1.165) is 13.6 Å². The van der Waals surface area contributed by atoms with Crippen molar-refractivity contribution in [3.8, 4) is 5.75 Å².